The van der Waals surface area contributed by atoms with Gasteiger partial charge < -0.3 is 19.4 Å². The van der Waals surface area contributed by atoms with Gasteiger partial charge in [-0.15, -0.1) is 0 Å². The summed E-state index contributed by atoms with van der Waals surface area (Å²) in [6.45, 7) is 0.783. The van der Waals surface area contributed by atoms with Crippen LogP contribution in [0.2, 0.25) is 0 Å². The third kappa shape index (κ3) is 3.56. The average molecular weight is 558 g/mol. The summed E-state index contributed by atoms with van der Waals surface area (Å²) in [4.78, 5) is 11.7. The zero-order valence-corrected chi connectivity index (χ0v) is 23.6. The van der Waals surface area contributed by atoms with E-state index < -0.39 is 0 Å². The van der Waals surface area contributed by atoms with Crippen LogP contribution in [0.25, 0.3) is 27.6 Å². The van der Waals surface area contributed by atoms with E-state index in [1.165, 1.54) is 22.1 Å². The minimum absolute atomic E-state index is 0.783. The van der Waals surface area contributed by atoms with Crippen LogP contribution in [0.5, 0.6) is 11.5 Å². The number of fused-ring (bicyclic) bond motifs is 6. The topological polar surface area (TPSA) is 36.8 Å². The number of hydrogen-bond donors (Lipinski definition) is 0. The molecular formula is C37H27N5O. The Kier molecular flexibility index (Phi) is 5.07. The van der Waals surface area contributed by atoms with Gasteiger partial charge >= 0.3 is 0 Å². The molecule has 9 rings (SSSR count). The Morgan fingerprint density at radius 3 is 2.19 bits per heavy atom. The molecule has 2 aromatic heterocycles. The molecule has 6 nitrogen and oxygen atoms in total. The molecule has 0 fully saturated rings. The summed E-state index contributed by atoms with van der Waals surface area (Å²) in [6, 6.07) is 44.7. The van der Waals surface area contributed by atoms with Crippen LogP contribution in [-0.2, 0) is 0 Å². The quantitative estimate of drug-likeness (QED) is 0.216. The monoisotopic (exact) mass is 557 g/mol. The lowest BCUT2D eigenvalue weighted by atomic mass is 10.1. The molecule has 2 aliphatic rings. The first-order valence-corrected chi connectivity index (χ1v) is 14.5. The summed E-state index contributed by atoms with van der Waals surface area (Å²) >= 11 is 0. The van der Waals surface area contributed by atoms with Crippen LogP contribution in [0, 0.1) is 0 Å². The Labute approximate surface area is 249 Å². The first kappa shape index (κ1) is 23.9. The van der Waals surface area contributed by atoms with Crippen molar-refractivity contribution in [3.63, 3.8) is 0 Å². The van der Waals surface area contributed by atoms with Crippen LogP contribution in [0.4, 0.5) is 34.1 Å². The highest BCUT2D eigenvalue weighted by molar-refractivity contribution is 6.10. The van der Waals surface area contributed by atoms with Gasteiger partial charge in [0.05, 0.1) is 40.5 Å². The van der Waals surface area contributed by atoms with E-state index in [1.807, 2.05) is 30.5 Å². The molecule has 2 aliphatic heterocycles. The second-order valence-electron chi connectivity index (χ2n) is 11.1. The van der Waals surface area contributed by atoms with Gasteiger partial charge in [0.2, 0.25) is 0 Å². The Morgan fingerprint density at radius 1 is 0.581 bits per heavy atom. The van der Waals surface area contributed by atoms with Crippen molar-refractivity contribution in [3.8, 4) is 17.3 Å². The zero-order chi connectivity index (χ0) is 28.5. The van der Waals surface area contributed by atoms with Crippen molar-refractivity contribution in [2.45, 2.75) is 0 Å². The Balaban J connectivity index is 1.26. The second kappa shape index (κ2) is 9.13. The smallest absolute Gasteiger partial charge is 0.151 e. The number of ether oxygens (including phenoxy) is 1. The second-order valence-corrected chi connectivity index (χ2v) is 11.1. The molecule has 0 amide bonds. The summed E-state index contributed by atoms with van der Waals surface area (Å²) < 4.78 is 8.74. The maximum atomic E-state index is 6.48. The number of pyridine rings is 1. The molecule has 0 spiro atoms. The van der Waals surface area contributed by atoms with Gasteiger partial charge in [0, 0.05) is 35.4 Å². The van der Waals surface area contributed by atoms with Crippen LogP contribution < -0.4 is 19.4 Å². The van der Waals surface area contributed by atoms with Crippen LogP contribution in [0.15, 0.2) is 134 Å². The first-order chi connectivity index (χ1) is 21.2. The highest BCUT2D eigenvalue weighted by atomic mass is 16.5. The number of hydrogen-bond acceptors (Lipinski definition) is 5. The Bertz CT molecular complexity index is 2190. The molecule has 0 saturated heterocycles. The summed E-state index contributed by atoms with van der Waals surface area (Å²) in [7, 11) is 2.14. The predicted octanol–water partition coefficient (Wildman–Crippen LogP) is 9.30. The van der Waals surface area contributed by atoms with Gasteiger partial charge in [-0.05, 0) is 72.8 Å². The van der Waals surface area contributed by atoms with E-state index in [4.69, 9.17) is 9.72 Å². The SMILES string of the molecule is CN1CN(c2ccc3c(c2)N(c2ccc4c5ccccc5n(-c5ccccn5)c4c2)c2ccccc2O3)c2ccccc21. The van der Waals surface area contributed by atoms with E-state index in [2.05, 4.69) is 129 Å². The summed E-state index contributed by atoms with van der Waals surface area (Å²) in [5, 5.41) is 2.40. The van der Waals surface area contributed by atoms with Crippen molar-refractivity contribution in [1.29, 1.82) is 0 Å². The molecule has 7 aromatic rings. The van der Waals surface area contributed by atoms with Gasteiger partial charge in [-0.1, -0.05) is 54.6 Å². The van der Waals surface area contributed by atoms with Crippen molar-refractivity contribution >= 4 is 55.9 Å². The molecule has 0 radical (unpaired) electrons. The van der Waals surface area contributed by atoms with Crippen LogP contribution in [0.1, 0.15) is 0 Å². The number of para-hydroxylation sites is 5. The highest BCUT2D eigenvalue weighted by Gasteiger charge is 2.30. The third-order valence-electron chi connectivity index (χ3n) is 8.55. The maximum Gasteiger partial charge on any atom is 0.151 e. The van der Waals surface area contributed by atoms with Crippen LogP contribution >= 0.6 is 0 Å². The zero-order valence-electron chi connectivity index (χ0n) is 23.6. The van der Waals surface area contributed by atoms with Gasteiger partial charge in [0.1, 0.15) is 5.82 Å². The van der Waals surface area contributed by atoms with E-state index in [9.17, 15) is 0 Å². The maximum absolute atomic E-state index is 6.48. The molecule has 43 heavy (non-hydrogen) atoms. The van der Waals surface area contributed by atoms with Crippen molar-refractivity contribution in [2.24, 2.45) is 0 Å². The normalized spacial score (nSPS) is 13.7. The van der Waals surface area contributed by atoms with Crippen molar-refractivity contribution in [3.05, 3.63) is 134 Å². The Hall–Kier alpha value is -5.75. The minimum atomic E-state index is 0.783. The largest absolute Gasteiger partial charge is 0.453 e. The van der Waals surface area contributed by atoms with Gasteiger partial charge in [-0.2, -0.15) is 0 Å². The molecule has 6 heteroatoms. The predicted molar refractivity (Wildman–Crippen MR) is 175 cm³/mol. The number of rotatable bonds is 3. The molecule has 0 bridgehead atoms. The van der Waals surface area contributed by atoms with Gasteiger partial charge in [-0.25, -0.2) is 4.98 Å². The van der Waals surface area contributed by atoms with Crippen LogP contribution in [0.3, 0.4) is 0 Å². The summed E-state index contributed by atoms with van der Waals surface area (Å²) in [6.07, 6.45) is 1.85. The fourth-order valence-corrected chi connectivity index (χ4v) is 6.62. The summed E-state index contributed by atoms with van der Waals surface area (Å²) in [5.74, 6) is 2.56. The van der Waals surface area contributed by atoms with E-state index in [1.54, 1.807) is 0 Å². The molecule has 206 valence electrons. The van der Waals surface area contributed by atoms with E-state index in [0.717, 1.165) is 57.8 Å². The molecule has 0 atom stereocenters. The van der Waals surface area contributed by atoms with E-state index in [0.29, 0.717) is 0 Å². The lowest BCUT2D eigenvalue weighted by molar-refractivity contribution is 0.477. The fraction of sp³-hybridized carbons (Fsp3) is 0.0541. The third-order valence-corrected chi connectivity index (χ3v) is 8.55. The molecule has 0 N–H and O–H groups in total. The number of benzene rings is 5. The molecular weight excluding hydrogens is 530 g/mol. The molecule has 4 heterocycles. The molecule has 0 aliphatic carbocycles. The molecule has 0 unspecified atom stereocenters. The van der Waals surface area contributed by atoms with Gasteiger partial charge in [0.15, 0.2) is 11.5 Å². The lowest BCUT2D eigenvalue weighted by Gasteiger charge is -2.34. The molecule has 5 aromatic carbocycles. The number of aromatic nitrogens is 2. The highest BCUT2D eigenvalue weighted by Crippen LogP contribution is 2.53. The first-order valence-electron chi connectivity index (χ1n) is 14.5. The van der Waals surface area contributed by atoms with Crippen molar-refractivity contribution < 1.29 is 4.74 Å². The Morgan fingerprint density at radius 2 is 1.30 bits per heavy atom. The number of anilines is 6. The van der Waals surface area contributed by atoms with Gasteiger partial charge in [-0.3, -0.25) is 4.57 Å². The van der Waals surface area contributed by atoms with E-state index >= 15 is 0 Å². The average Bonchev–Trinajstić information content (AvgIpc) is 3.58. The molecule has 0 saturated carbocycles. The fourth-order valence-electron chi connectivity index (χ4n) is 6.62. The summed E-state index contributed by atoms with van der Waals surface area (Å²) in [5.41, 5.74) is 8.85. The lowest BCUT2D eigenvalue weighted by Crippen LogP contribution is -2.24. The van der Waals surface area contributed by atoms with Crippen molar-refractivity contribution in [2.75, 3.05) is 28.4 Å². The van der Waals surface area contributed by atoms with Crippen molar-refractivity contribution in [1.82, 2.24) is 9.55 Å². The van der Waals surface area contributed by atoms with Gasteiger partial charge in [0.25, 0.3) is 0 Å². The van der Waals surface area contributed by atoms with Crippen LogP contribution in [-0.4, -0.2) is 23.3 Å². The number of nitrogens with zero attached hydrogens (tertiary/aromatic N) is 5. The standard InChI is InChI=1S/C37H27N5O/c1-39-24-40(31-13-5-4-12-30(31)39)25-18-20-36-34(22-25)41(32-14-6-7-15-35(32)43-36)26-17-19-28-27-10-2-3-11-29(27)42(33(28)23-26)37-16-8-9-21-38-37/h2-23H,24H2,1H3. The minimum Gasteiger partial charge on any atom is -0.453 e. The van der Waals surface area contributed by atoms with E-state index in [-0.39, 0.29) is 0 Å².